The molecule has 0 unspecified atom stereocenters. The predicted molar refractivity (Wildman–Crippen MR) is 83.9 cm³/mol. The van der Waals surface area contributed by atoms with Crippen molar-refractivity contribution in [2.45, 2.75) is 6.92 Å². The van der Waals surface area contributed by atoms with Crippen LogP contribution in [0.15, 0.2) is 54.6 Å². The second kappa shape index (κ2) is 6.35. The Hall–Kier alpha value is -1.42. The maximum absolute atomic E-state index is 9.32. The number of rotatable bonds is 2. The van der Waals surface area contributed by atoms with Gasteiger partial charge in [0.25, 0.3) is 4.88 Å². The molecule has 20 heavy (non-hydrogen) atoms. The lowest BCUT2D eigenvalue weighted by atomic mass is 10.1. The molecule has 0 fully saturated rings. The lowest BCUT2D eigenvalue weighted by molar-refractivity contribution is -0.00000463. The lowest BCUT2D eigenvalue weighted by Gasteiger charge is -1.95. The molecule has 0 radical (unpaired) electrons. The summed E-state index contributed by atoms with van der Waals surface area (Å²) in [5, 5.41) is 9.32. The Bertz CT molecular complexity index is 627. The van der Waals surface area contributed by atoms with Crippen LogP contribution in [0.2, 0.25) is 0 Å². The summed E-state index contributed by atoms with van der Waals surface area (Å²) in [6.07, 6.45) is 0. The van der Waals surface area contributed by atoms with Crippen LogP contribution >= 0.6 is 20.7 Å². The Labute approximate surface area is 132 Å². The van der Waals surface area contributed by atoms with Crippen LogP contribution in [-0.4, -0.2) is 5.11 Å². The van der Waals surface area contributed by atoms with Gasteiger partial charge in [0.05, 0.1) is 4.88 Å². The highest BCUT2D eigenvalue weighted by Crippen LogP contribution is 2.37. The first-order valence-electron chi connectivity index (χ1n) is 6.02. The van der Waals surface area contributed by atoms with Crippen LogP contribution in [0, 0.1) is 6.92 Å². The van der Waals surface area contributed by atoms with E-state index >= 15 is 0 Å². The molecule has 102 valence electrons. The minimum Gasteiger partial charge on any atom is -1.00 e. The largest absolute Gasteiger partial charge is 1.00 e. The van der Waals surface area contributed by atoms with E-state index in [0.717, 1.165) is 5.56 Å². The average molecular weight is 321 g/mol. The Morgan fingerprint density at radius 3 is 2.15 bits per heavy atom. The van der Waals surface area contributed by atoms with E-state index in [1.165, 1.54) is 20.9 Å². The predicted octanol–water partition coefficient (Wildman–Crippen LogP) is 2.44. The Balaban J connectivity index is 0.00000147. The number of halogens is 1. The van der Waals surface area contributed by atoms with E-state index in [1.807, 2.05) is 12.1 Å². The van der Waals surface area contributed by atoms with Crippen LogP contribution in [0.4, 0.5) is 0 Å². The molecule has 1 nitrogen and oxygen atoms in total. The molecule has 3 rings (SSSR count). The molecule has 4 heteroatoms. The number of aromatic hydroxyl groups is 1. The standard InChI is InChI=1S/C16H12OS2.ClH/c1-11-2-4-12(5-3-11)15-10-16(19-18-15)13-6-8-14(17)9-7-13;/h2-10H,1H3;1H. The van der Waals surface area contributed by atoms with Crippen LogP contribution in [0.1, 0.15) is 5.56 Å². The van der Waals surface area contributed by atoms with E-state index in [9.17, 15) is 5.11 Å². The molecule has 3 aromatic rings. The fourth-order valence-corrected chi connectivity index (χ4v) is 4.32. The first-order valence-corrected chi connectivity index (χ1v) is 8.17. The van der Waals surface area contributed by atoms with Gasteiger partial charge < -0.3 is 17.5 Å². The van der Waals surface area contributed by atoms with Gasteiger partial charge in [0.15, 0.2) is 10.3 Å². The molecule has 0 aliphatic rings. The van der Waals surface area contributed by atoms with Crippen LogP contribution in [-0.2, 0) is 0 Å². The number of hydrogen-bond donors (Lipinski definition) is 1. The normalized spacial score (nSPS) is 10.1. The first-order chi connectivity index (χ1) is 9.22. The third kappa shape index (κ3) is 3.18. The monoisotopic (exact) mass is 320 g/mol. The average Bonchev–Trinajstić information content (AvgIpc) is 2.90. The van der Waals surface area contributed by atoms with Crippen LogP contribution in [0.25, 0.3) is 20.9 Å². The van der Waals surface area contributed by atoms with Gasteiger partial charge in [-0.1, -0.05) is 29.8 Å². The quantitative estimate of drug-likeness (QED) is 0.568. The van der Waals surface area contributed by atoms with Crippen LogP contribution < -0.4 is 12.4 Å². The number of phenols is 1. The summed E-state index contributed by atoms with van der Waals surface area (Å²) in [6.45, 7) is 2.10. The van der Waals surface area contributed by atoms with E-state index in [1.54, 1.807) is 32.8 Å². The van der Waals surface area contributed by atoms with E-state index in [-0.39, 0.29) is 12.4 Å². The third-order valence-electron chi connectivity index (χ3n) is 2.97. The van der Waals surface area contributed by atoms with Gasteiger partial charge in [-0.3, -0.25) is 0 Å². The van der Waals surface area contributed by atoms with E-state index in [0.29, 0.717) is 5.75 Å². The fourth-order valence-electron chi connectivity index (χ4n) is 1.86. The summed E-state index contributed by atoms with van der Waals surface area (Å²) in [5.41, 5.74) is 3.69. The third-order valence-corrected chi connectivity index (χ3v) is 5.45. The maximum Gasteiger partial charge on any atom is 0.301 e. The zero-order valence-electron chi connectivity index (χ0n) is 10.8. The van der Waals surface area contributed by atoms with Gasteiger partial charge in [0, 0.05) is 11.6 Å². The SMILES string of the molecule is Cc1ccc(-c2cc(-c3ccc(O)cc3)[s+]s2)cc1.[Cl-]. The van der Waals surface area contributed by atoms with Crippen molar-refractivity contribution < 1.29 is 17.5 Å². The molecule has 1 N–H and O–H groups in total. The molecule has 0 aliphatic heterocycles. The molecule has 0 atom stereocenters. The highest BCUT2D eigenvalue weighted by atomic mass is 35.5. The summed E-state index contributed by atoms with van der Waals surface area (Å²) in [6, 6.07) is 18.2. The van der Waals surface area contributed by atoms with Crippen molar-refractivity contribution in [3.05, 3.63) is 60.2 Å². The van der Waals surface area contributed by atoms with Gasteiger partial charge in [-0.05, 0) is 36.8 Å². The van der Waals surface area contributed by atoms with Crippen molar-refractivity contribution in [2.75, 3.05) is 0 Å². The topological polar surface area (TPSA) is 20.2 Å². The zero-order valence-corrected chi connectivity index (χ0v) is 13.2. The van der Waals surface area contributed by atoms with Crippen molar-refractivity contribution in [1.29, 1.82) is 0 Å². The minimum absolute atomic E-state index is 0. The van der Waals surface area contributed by atoms with Gasteiger partial charge in [0.2, 0.25) is 0 Å². The van der Waals surface area contributed by atoms with Crippen molar-refractivity contribution in [3.8, 4) is 26.6 Å². The number of benzene rings is 2. The first kappa shape index (κ1) is 15.0. The van der Waals surface area contributed by atoms with Crippen molar-refractivity contribution >= 4 is 20.7 Å². The van der Waals surface area contributed by atoms with Gasteiger partial charge in [-0.15, -0.1) is 0 Å². The summed E-state index contributed by atoms with van der Waals surface area (Å²) in [5.74, 6) is 0.308. The molecular weight excluding hydrogens is 308 g/mol. The number of aryl methyl sites for hydroxylation is 1. The molecule has 0 spiro atoms. The smallest absolute Gasteiger partial charge is 0.301 e. The molecule has 0 aliphatic carbocycles. The van der Waals surface area contributed by atoms with Crippen molar-refractivity contribution in [1.82, 2.24) is 0 Å². The molecular formula is C16H13ClOS2. The molecule has 0 amide bonds. The Kier molecular flexibility index (Phi) is 4.76. The van der Waals surface area contributed by atoms with Crippen molar-refractivity contribution in [3.63, 3.8) is 0 Å². The fraction of sp³-hybridized carbons (Fsp3) is 0.0625. The lowest BCUT2D eigenvalue weighted by Crippen LogP contribution is -3.00. The summed E-state index contributed by atoms with van der Waals surface area (Å²) in [7, 11) is 3.55. The second-order valence-corrected chi connectivity index (χ2v) is 6.67. The van der Waals surface area contributed by atoms with Crippen LogP contribution in [0.3, 0.4) is 0 Å². The van der Waals surface area contributed by atoms with E-state index < -0.39 is 0 Å². The number of phenolic OH excluding ortho intramolecular Hbond substituents is 1. The second-order valence-electron chi connectivity index (χ2n) is 4.45. The molecule has 2 aromatic carbocycles. The summed E-state index contributed by atoms with van der Waals surface area (Å²) < 4.78 is 0. The Morgan fingerprint density at radius 1 is 0.900 bits per heavy atom. The number of hydrogen-bond acceptors (Lipinski definition) is 2. The summed E-state index contributed by atoms with van der Waals surface area (Å²) >= 11 is 0. The van der Waals surface area contributed by atoms with Gasteiger partial charge in [-0.2, -0.15) is 0 Å². The highest BCUT2D eigenvalue weighted by Gasteiger charge is 2.16. The molecule has 1 aromatic heterocycles. The van der Waals surface area contributed by atoms with E-state index in [4.69, 9.17) is 0 Å². The van der Waals surface area contributed by atoms with Crippen LogP contribution in [0.5, 0.6) is 5.75 Å². The summed E-state index contributed by atoms with van der Waals surface area (Å²) in [4.78, 5) is 2.52. The maximum atomic E-state index is 9.32. The Morgan fingerprint density at radius 2 is 1.50 bits per heavy atom. The van der Waals surface area contributed by atoms with Crippen molar-refractivity contribution in [2.24, 2.45) is 0 Å². The highest BCUT2D eigenvalue weighted by molar-refractivity contribution is 7.72. The van der Waals surface area contributed by atoms with Gasteiger partial charge in [-0.25, -0.2) is 0 Å². The zero-order chi connectivity index (χ0) is 13.2. The molecule has 0 saturated carbocycles. The van der Waals surface area contributed by atoms with E-state index in [2.05, 4.69) is 37.3 Å². The molecule has 0 bridgehead atoms. The van der Waals surface area contributed by atoms with Gasteiger partial charge >= 0.3 is 10.3 Å². The van der Waals surface area contributed by atoms with Gasteiger partial charge in [0.1, 0.15) is 5.75 Å². The molecule has 0 saturated heterocycles. The molecule has 1 heterocycles. The minimum atomic E-state index is 0.